The molecular weight excluding hydrogens is 224 g/mol. The molecule has 0 radical (unpaired) electrons. The summed E-state index contributed by atoms with van der Waals surface area (Å²) in [6, 6.07) is 10.3. The van der Waals surface area contributed by atoms with Gasteiger partial charge in [-0.2, -0.15) is 0 Å². The maximum absolute atomic E-state index is 4.98. The van der Waals surface area contributed by atoms with Gasteiger partial charge in [-0.3, -0.25) is 0 Å². The number of aromatic nitrogens is 2. The second kappa shape index (κ2) is 4.59. The average molecular weight is 234 g/mol. The van der Waals surface area contributed by atoms with Gasteiger partial charge in [0.15, 0.2) is 4.77 Å². The molecule has 1 aromatic heterocycles. The molecule has 0 aliphatic heterocycles. The third kappa shape index (κ3) is 2.46. The minimum absolute atomic E-state index is 0.515. The summed E-state index contributed by atoms with van der Waals surface area (Å²) in [4.78, 5) is 8.27. The molecule has 0 saturated carbocycles. The van der Waals surface area contributed by atoms with E-state index in [0.29, 0.717) is 4.77 Å². The number of hydrogen-bond donors (Lipinski definition) is 1. The van der Waals surface area contributed by atoms with Crippen LogP contribution in [0.4, 0.5) is 0 Å². The molecule has 4 heteroatoms. The molecule has 0 unspecified atom stereocenters. The molecule has 1 aromatic carbocycles. The van der Waals surface area contributed by atoms with Crippen LogP contribution in [0, 0.1) is 4.77 Å². The first kappa shape index (κ1) is 10.4. The predicted molar refractivity (Wildman–Crippen MR) is 66.6 cm³/mol. The molecule has 0 atom stereocenters. The van der Waals surface area contributed by atoms with Crippen molar-refractivity contribution >= 4 is 24.0 Å². The lowest BCUT2D eigenvalue weighted by Crippen LogP contribution is -1.85. The Kier molecular flexibility index (Phi) is 3.18. The normalized spacial score (nSPS) is 10.2. The number of benzene rings is 1. The van der Waals surface area contributed by atoms with E-state index in [1.165, 1.54) is 4.90 Å². The first-order valence-electron chi connectivity index (χ1n) is 4.49. The molecule has 0 amide bonds. The SMILES string of the molecule is CSc1ccc(-c2ccnc(=S)[nH]2)cc1. The quantitative estimate of drug-likeness (QED) is 0.636. The van der Waals surface area contributed by atoms with Crippen LogP contribution in [0.2, 0.25) is 0 Å². The summed E-state index contributed by atoms with van der Waals surface area (Å²) in [7, 11) is 0. The Morgan fingerprint density at radius 2 is 1.93 bits per heavy atom. The number of H-pyrrole nitrogens is 1. The van der Waals surface area contributed by atoms with Crippen LogP contribution in [0.1, 0.15) is 0 Å². The van der Waals surface area contributed by atoms with Crippen molar-refractivity contribution in [1.29, 1.82) is 0 Å². The van der Waals surface area contributed by atoms with Crippen LogP contribution in [-0.2, 0) is 0 Å². The highest BCUT2D eigenvalue weighted by molar-refractivity contribution is 7.98. The zero-order chi connectivity index (χ0) is 10.7. The van der Waals surface area contributed by atoms with E-state index < -0.39 is 0 Å². The van der Waals surface area contributed by atoms with Crippen molar-refractivity contribution < 1.29 is 0 Å². The van der Waals surface area contributed by atoms with Crippen LogP contribution in [0.5, 0.6) is 0 Å². The summed E-state index contributed by atoms with van der Waals surface area (Å²) < 4.78 is 0.515. The van der Waals surface area contributed by atoms with Crippen molar-refractivity contribution in [1.82, 2.24) is 9.97 Å². The second-order valence-electron chi connectivity index (χ2n) is 3.02. The van der Waals surface area contributed by atoms with Gasteiger partial charge in [-0.15, -0.1) is 11.8 Å². The lowest BCUT2D eigenvalue weighted by molar-refractivity contribution is 1.14. The zero-order valence-electron chi connectivity index (χ0n) is 8.23. The van der Waals surface area contributed by atoms with Gasteiger partial charge >= 0.3 is 0 Å². The summed E-state index contributed by atoms with van der Waals surface area (Å²) in [6.07, 6.45) is 3.78. The Morgan fingerprint density at radius 3 is 2.53 bits per heavy atom. The second-order valence-corrected chi connectivity index (χ2v) is 4.28. The molecule has 76 valence electrons. The molecule has 0 aliphatic carbocycles. The fourth-order valence-electron chi connectivity index (χ4n) is 1.31. The molecule has 0 aliphatic rings. The molecule has 15 heavy (non-hydrogen) atoms. The topological polar surface area (TPSA) is 28.7 Å². The standard InChI is InChI=1S/C11H10N2S2/c1-15-9-4-2-8(3-5-9)10-6-7-12-11(14)13-10/h2-7H,1H3,(H,12,13,14). The smallest absolute Gasteiger partial charge is 0.197 e. The third-order valence-corrected chi connectivity index (χ3v) is 3.03. The summed E-state index contributed by atoms with van der Waals surface area (Å²) >= 11 is 6.71. The maximum atomic E-state index is 4.98. The first-order chi connectivity index (χ1) is 7.29. The van der Waals surface area contributed by atoms with Crippen LogP contribution >= 0.6 is 24.0 Å². The van der Waals surface area contributed by atoms with Crippen molar-refractivity contribution in [3.63, 3.8) is 0 Å². The molecule has 1 N–H and O–H groups in total. The Labute approximate surface area is 97.8 Å². The van der Waals surface area contributed by atoms with E-state index in [9.17, 15) is 0 Å². The Balaban J connectivity index is 2.41. The molecule has 0 spiro atoms. The van der Waals surface area contributed by atoms with Crippen molar-refractivity contribution in [2.45, 2.75) is 4.90 Å². The fourth-order valence-corrected chi connectivity index (χ4v) is 1.89. The van der Waals surface area contributed by atoms with Crippen LogP contribution in [-0.4, -0.2) is 16.2 Å². The van der Waals surface area contributed by atoms with E-state index >= 15 is 0 Å². The van der Waals surface area contributed by atoms with Crippen molar-refractivity contribution in [3.05, 3.63) is 41.3 Å². The van der Waals surface area contributed by atoms with Gasteiger partial charge in [-0.05, 0) is 42.2 Å². The van der Waals surface area contributed by atoms with Gasteiger partial charge in [0.25, 0.3) is 0 Å². The van der Waals surface area contributed by atoms with Crippen LogP contribution in [0.3, 0.4) is 0 Å². The van der Waals surface area contributed by atoms with E-state index in [1.807, 2.05) is 6.07 Å². The van der Waals surface area contributed by atoms with E-state index in [1.54, 1.807) is 18.0 Å². The minimum atomic E-state index is 0.515. The fraction of sp³-hybridized carbons (Fsp3) is 0.0909. The Bertz CT molecular complexity index is 502. The molecule has 2 rings (SSSR count). The number of aromatic amines is 1. The van der Waals surface area contributed by atoms with Gasteiger partial charge in [-0.1, -0.05) is 12.1 Å². The predicted octanol–water partition coefficient (Wildman–Crippen LogP) is 3.53. The highest BCUT2D eigenvalue weighted by atomic mass is 32.2. The largest absolute Gasteiger partial charge is 0.330 e. The van der Waals surface area contributed by atoms with Crippen molar-refractivity contribution in [2.24, 2.45) is 0 Å². The monoisotopic (exact) mass is 234 g/mol. The molecule has 2 aromatic rings. The van der Waals surface area contributed by atoms with Crippen LogP contribution < -0.4 is 0 Å². The van der Waals surface area contributed by atoms with Crippen molar-refractivity contribution in [2.75, 3.05) is 6.26 Å². The highest BCUT2D eigenvalue weighted by Gasteiger charge is 1.97. The Morgan fingerprint density at radius 1 is 1.20 bits per heavy atom. The number of rotatable bonds is 2. The molecule has 0 bridgehead atoms. The van der Waals surface area contributed by atoms with E-state index in [2.05, 4.69) is 40.5 Å². The molecule has 0 saturated heterocycles. The molecule has 0 fully saturated rings. The van der Waals surface area contributed by atoms with Crippen LogP contribution in [0.25, 0.3) is 11.3 Å². The van der Waals surface area contributed by atoms with E-state index in [4.69, 9.17) is 12.2 Å². The summed E-state index contributed by atoms with van der Waals surface area (Å²) in [5.74, 6) is 0. The van der Waals surface area contributed by atoms with Gasteiger partial charge in [0.1, 0.15) is 0 Å². The lowest BCUT2D eigenvalue weighted by Gasteiger charge is -2.02. The average Bonchev–Trinajstić information content (AvgIpc) is 2.29. The van der Waals surface area contributed by atoms with Gasteiger partial charge in [-0.25, -0.2) is 4.98 Å². The summed E-state index contributed by atoms with van der Waals surface area (Å²) in [6.45, 7) is 0. The lowest BCUT2D eigenvalue weighted by atomic mass is 10.1. The maximum Gasteiger partial charge on any atom is 0.197 e. The van der Waals surface area contributed by atoms with E-state index in [-0.39, 0.29) is 0 Å². The molecule has 1 heterocycles. The molecular formula is C11H10N2S2. The number of nitrogens with one attached hydrogen (secondary N) is 1. The van der Waals surface area contributed by atoms with Gasteiger partial charge < -0.3 is 4.98 Å². The first-order valence-corrected chi connectivity index (χ1v) is 6.12. The van der Waals surface area contributed by atoms with Gasteiger partial charge in [0, 0.05) is 16.8 Å². The summed E-state index contributed by atoms with van der Waals surface area (Å²) in [5, 5.41) is 0. The third-order valence-electron chi connectivity index (χ3n) is 2.08. The Hall–Kier alpha value is -1.13. The zero-order valence-corrected chi connectivity index (χ0v) is 9.86. The number of thioether (sulfide) groups is 1. The van der Waals surface area contributed by atoms with E-state index in [0.717, 1.165) is 11.3 Å². The number of nitrogens with zero attached hydrogens (tertiary/aromatic N) is 1. The minimum Gasteiger partial charge on any atom is -0.330 e. The van der Waals surface area contributed by atoms with Crippen LogP contribution in [0.15, 0.2) is 41.4 Å². The van der Waals surface area contributed by atoms with Gasteiger partial charge in [0.05, 0.1) is 0 Å². The highest BCUT2D eigenvalue weighted by Crippen LogP contribution is 2.20. The number of hydrogen-bond acceptors (Lipinski definition) is 3. The summed E-state index contributed by atoms with van der Waals surface area (Å²) in [5.41, 5.74) is 2.13. The molecule has 2 nitrogen and oxygen atoms in total. The van der Waals surface area contributed by atoms with Crippen molar-refractivity contribution in [3.8, 4) is 11.3 Å². The van der Waals surface area contributed by atoms with Gasteiger partial charge in [0.2, 0.25) is 0 Å².